The van der Waals surface area contributed by atoms with Gasteiger partial charge in [0.15, 0.2) is 11.2 Å². The van der Waals surface area contributed by atoms with Crippen molar-refractivity contribution in [2.45, 2.75) is 5.41 Å². The summed E-state index contributed by atoms with van der Waals surface area (Å²) in [7, 11) is 0. The number of nitrogens with zero attached hydrogens (tertiary/aromatic N) is 4. The summed E-state index contributed by atoms with van der Waals surface area (Å²) in [6.45, 7) is 0. The first-order valence-electron chi connectivity index (χ1n) is 20.8. The van der Waals surface area contributed by atoms with Crippen LogP contribution in [0.15, 0.2) is 215 Å². The van der Waals surface area contributed by atoms with E-state index < -0.39 is 5.41 Å². The summed E-state index contributed by atoms with van der Waals surface area (Å²) < 4.78 is 12.7. The van der Waals surface area contributed by atoms with Crippen molar-refractivity contribution in [3.05, 3.63) is 229 Å². The van der Waals surface area contributed by atoms with Gasteiger partial charge in [-0.15, -0.1) is 0 Å². The lowest BCUT2D eigenvalue weighted by Gasteiger charge is -2.45. The van der Waals surface area contributed by atoms with Crippen LogP contribution >= 0.6 is 0 Å². The highest BCUT2D eigenvalue weighted by atomic mass is 16.4. The molecule has 0 N–H and O–H groups in total. The molecule has 3 aromatic heterocycles. The molecule has 13 rings (SSSR count). The number of anilines is 3. The molecular formula is C56H34N4O2. The van der Waals surface area contributed by atoms with E-state index in [1.165, 1.54) is 33.4 Å². The van der Waals surface area contributed by atoms with E-state index in [0.29, 0.717) is 11.8 Å². The maximum Gasteiger partial charge on any atom is 0.227 e. The molecule has 1 aliphatic heterocycles. The summed E-state index contributed by atoms with van der Waals surface area (Å²) >= 11 is 0. The number of rotatable bonds is 5. The molecule has 0 fully saturated rings. The van der Waals surface area contributed by atoms with Crippen molar-refractivity contribution in [1.29, 1.82) is 0 Å². The summed E-state index contributed by atoms with van der Waals surface area (Å²) in [6.07, 6.45) is 3.74. The third-order valence-corrected chi connectivity index (χ3v) is 12.6. The summed E-state index contributed by atoms with van der Waals surface area (Å²) in [5.74, 6) is 1.08. The lowest BCUT2D eigenvalue weighted by Crippen LogP contribution is -2.36. The van der Waals surface area contributed by atoms with E-state index in [9.17, 15) is 0 Å². The Hall–Kier alpha value is -8.35. The van der Waals surface area contributed by atoms with Gasteiger partial charge in [0.1, 0.15) is 11.0 Å². The van der Waals surface area contributed by atoms with E-state index in [1.807, 2.05) is 60.9 Å². The number of oxazole rings is 2. The summed E-state index contributed by atoms with van der Waals surface area (Å²) in [4.78, 5) is 16.5. The van der Waals surface area contributed by atoms with Gasteiger partial charge in [0.25, 0.3) is 0 Å². The standard InChI is InChI=1S/C56H34N4O2/c1-2-15-44-42(14-1)43-25-24-37(34-47(43)56(44)45-16-3-7-20-50(45)60(41-26-28-57-29-27-41)51-21-8-4-17-46(51)56)35-12-11-13-36(30-35)38-31-39(54-58-48-18-5-9-22-52(48)61-54)33-40(32-38)55-59-49-19-6-10-23-53(49)62-55/h1-34H. The molecule has 1 spiro atoms. The number of hydrogen-bond acceptors (Lipinski definition) is 6. The fourth-order valence-corrected chi connectivity index (χ4v) is 9.97. The lowest BCUT2D eigenvalue weighted by atomic mass is 9.64. The predicted molar refractivity (Wildman–Crippen MR) is 247 cm³/mol. The van der Waals surface area contributed by atoms with Crippen LogP contribution in [0.25, 0.3) is 78.5 Å². The van der Waals surface area contributed by atoms with Gasteiger partial charge in [-0.05, 0) is 134 Å². The van der Waals surface area contributed by atoms with Gasteiger partial charge in [0, 0.05) is 29.2 Å². The number of para-hydroxylation sites is 6. The van der Waals surface area contributed by atoms with E-state index in [0.717, 1.165) is 72.6 Å². The number of pyridine rings is 1. The molecule has 62 heavy (non-hydrogen) atoms. The smallest absolute Gasteiger partial charge is 0.227 e. The first-order chi connectivity index (χ1) is 30.7. The molecule has 0 unspecified atom stereocenters. The fraction of sp³-hybridized carbons (Fsp3) is 0.0179. The molecule has 0 saturated heterocycles. The predicted octanol–water partition coefficient (Wildman–Crippen LogP) is 14.2. The highest BCUT2D eigenvalue weighted by Crippen LogP contribution is 2.63. The molecule has 1 aliphatic carbocycles. The monoisotopic (exact) mass is 794 g/mol. The zero-order valence-corrected chi connectivity index (χ0v) is 33.2. The van der Waals surface area contributed by atoms with Crippen LogP contribution in [0.5, 0.6) is 0 Å². The van der Waals surface area contributed by atoms with Crippen LogP contribution in [0.1, 0.15) is 22.3 Å². The molecule has 4 heterocycles. The quantitative estimate of drug-likeness (QED) is 0.173. The van der Waals surface area contributed by atoms with Crippen molar-refractivity contribution in [3.8, 4) is 56.3 Å². The second-order valence-corrected chi connectivity index (χ2v) is 16.0. The van der Waals surface area contributed by atoms with Crippen molar-refractivity contribution in [1.82, 2.24) is 15.0 Å². The average Bonchev–Trinajstić information content (AvgIpc) is 4.06. The SMILES string of the molecule is c1cc(-c2cc(-c3nc4ccccc4o3)cc(-c3nc4ccccc4o3)c2)cc(-c2ccc3c(c2)C2(c4ccccc4-3)c3ccccc3N(c3ccncc3)c3ccccc32)c1. The van der Waals surface area contributed by atoms with E-state index in [1.54, 1.807) is 0 Å². The van der Waals surface area contributed by atoms with Gasteiger partial charge >= 0.3 is 0 Å². The lowest BCUT2D eigenvalue weighted by molar-refractivity contribution is 0.617. The zero-order valence-electron chi connectivity index (χ0n) is 33.2. The van der Waals surface area contributed by atoms with E-state index in [4.69, 9.17) is 18.8 Å². The van der Waals surface area contributed by atoms with Gasteiger partial charge < -0.3 is 13.7 Å². The third kappa shape index (κ3) is 5.07. The van der Waals surface area contributed by atoms with Crippen LogP contribution in [0.3, 0.4) is 0 Å². The second kappa shape index (κ2) is 13.3. The Bertz CT molecular complexity index is 3360. The Labute approximate surface area is 357 Å². The summed E-state index contributed by atoms with van der Waals surface area (Å²) in [5.41, 5.74) is 19.5. The minimum absolute atomic E-state index is 0.542. The highest BCUT2D eigenvalue weighted by molar-refractivity contribution is 5.97. The Morgan fingerprint density at radius 1 is 0.371 bits per heavy atom. The summed E-state index contributed by atoms with van der Waals surface area (Å²) in [5, 5.41) is 0. The van der Waals surface area contributed by atoms with Gasteiger partial charge in [0.2, 0.25) is 11.8 Å². The molecule has 2 aliphatic rings. The van der Waals surface area contributed by atoms with Crippen molar-refractivity contribution in [3.63, 3.8) is 0 Å². The van der Waals surface area contributed by atoms with Crippen molar-refractivity contribution in [2.75, 3.05) is 4.90 Å². The molecule has 0 bridgehead atoms. The Morgan fingerprint density at radius 2 is 0.871 bits per heavy atom. The largest absolute Gasteiger partial charge is 0.436 e. The molecule has 0 saturated carbocycles. The fourth-order valence-electron chi connectivity index (χ4n) is 9.97. The molecule has 6 nitrogen and oxygen atoms in total. The van der Waals surface area contributed by atoms with Gasteiger partial charge in [-0.1, -0.05) is 115 Å². The van der Waals surface area contributed by atoms with Crippen LogP contribution in [-0.2, 0) is 5.41 Å². The Balaban J connectivity index is 0.991. The normalized spacial score (nSPS) is 13.3. The molecule has 290 valence electrons. The highest BCUT2D eigenvalue weighted by Gasteiger charge is 2.51. The number of aromatic nitrogens is 3. The van der Waals surface area contributed by atoms with Crippen LogP contribution < -0.4 is 4.90 Å². The van der Waals surface area contributed by atoms with Crippen molar-refractivity contribution in [2.24, 2.45) is 0 Å². The zero-order chi connectivity index (χ0) is 40.8. The number of fused-ring (bicyclic) bond motifs is 11. The first-order valence-corrected chi connectivity index (χ1v) is 20.8. The molecule has 11 aromatic rings. The molecular weight excluding hydrogens is 761 g/mol. The first kappa shape index (κ1) is 34.5. The van der Waals surface area contributed by atoms with Crippen LogP contribution in [0.2, 0.25) is 0 Å². The van der Waals surface area contributed by atoms with Gasteiger partial charge in [-0.3, -0.25) is 4.98 Å². The van der Waals surface area contributed by atoms with Gasteiger partial charge in [0.05, 0.1) is 16.8 Å². The second-order valence-electron chi connectivity index (χ2n) is 16.0. The third-order valence-electron chi connectivity index (χ3n) is 12.6. The van der Waals surface area contributed by atoms with Crippen LogP contribution in [-0.4, -0.2) is 15.0 Å². The minimum atomic E-state index is -0.557. The Morgan fingerprint density at radius 3 is 1.52 bits per heavy atom. The molecule has 6 heteroatoms. The van der Waals surface area contributed by atoms with Crippen LogP contribution in [0, 0.1) is 0 Å². The van der Waals surface area contributed by atoms with E-state index in [-0.39, 0.29) is 0 Å². The maximum absolute atomic E-state index is 6.33. The van der Waals surface area contributed by atoms with Crippen molar-refractivity contribution >= 4 is 39.3 Å². The molecule has 0 radical (unpaired) electrons. The minimum Gasteiger partial charge on any atom is -0.436 e. The van der Waals surface area contributed by atoms with E-state index >= 15 is 0 Å². The van der Waals surface area contributed by atoms with Gasteiger partial charge in [-0.25, -0.2) is 9.97 Å². The van der Waals surface area contributed by atoms with Crippen LogP contribution in [0.4, 0.5) is 17.1 Å². The van der Waals surface area contributed by atoms with E-state index in [2.05, 4.69) is 155 Å². The van der Waals surface area contributed by atoms with Crippen molar-refractivity contribution < 1.29 is 8.83 Å². The average molecular weight is 795 g/mol. The maximum atomic E-state index is 6.33. The van der Waals surface area contributed by atoms with Gasteiger partial charge in [-0.2, -0.15) is 0 Å². The molecule has 0 amide bonds. The topological polar surface area (TPSA) is 68.2 Å². The molecule has 8 aromatic carbocycles. The molecule has 0 atom stereocenters. The Kier molecular flexibility index (Phi) is 7.42. The summed E-state index contributed by atoms with van der Waals surface area (Å²) in [6, 6.07) is 68.8. The number of hydrogen-bond donors (Lipinski definition) is 0. The number of benzene rings is 8.